The first-order valence-electron chi connectivity index (χ1n) is 6.53. The first kappa shape index (κ1) is 12.0. The molecule has 0 spiro atoms. The van der Waals surface area contributed by atoms with Gasteiger partial charge in [0.05, 0.1) is 19.6 Å². The van der Waals surface area contributed by atoms with E-state index in [0.717, 1.165) is 18.2 Å². The minimum atomic E-state index is 0.217. The van der Waals surface area contributed by atoms with Crippen LogP contribution in [-0.4, -0.2) is 26.2 Å². The first-order chi connectivity index (χ1) is 9.28. The predicted molar refractivity (Wildman–Crippen MR) is 77.2 cm³/mol. The van der Waals surface area contributed by atoms with Crippen LogP contribution in [0.2, 0.25) is 0 Å². The van der Waals surface area contributed by atoms with Crippen LogP contribution in [0.25, 0.3) is 10.8 Å². The summed E-state index contributed by atoms with van der Waals surface area (Å²) in [6, 6.07) is 12.6. The number of ether oxygens (including phenoxy) is 2. The Kier molecular flexibility index (Phi) is 3.11. The molecular formula is C16H17NO2. The highest BCUT2D eigenvalue weighted by atomic mass is 16.5. The summed E-state index contributed by atoms with van der Waals surface area (Å²) in [7, 11) is 1.69. The number of fused-ring (bicyclic) bond motifs is 1. The fourth-order valence-corrected chi connectivity index (χ4v) is 2.39. The lowest BCUT2D eigenvalue weighted by molar-refractivity contribution is 0.334. The van der Waals surface area contributed by atoms with Gasteiger partial charge in [-0.3, -0.25) is 4.99 Å². The molecule has 0 bridgehead atoms. The van der Waals surface area contributed by atoms with Crippen molar-refractivity contribution in [3.8, 4) is 5.75 Å². The van der Waals surface area contributed by atoms with Crippen molar-refractivity contribution in [2.75, 3.05) is 20.3 Å². The third kappa shape index (κ3) is 2.28. The summed E-state index contributed by atoms with van der Waals surface area (Å²) >= 11 is 0. The molecule has 0 aliphatic carbocycles. The highest BCUT2D eigenvalue weighted by Gasteiger charge is 2.18. The van der Waals surface area contributed by atoms with Gasteiger partial charge in [0.25, 0.3) is 0 Å². The monoisotopic (exact) mass is 255 g/mol. The molecule has 0 radical (unpaired) electrons. The van der Waals surface area contributed by atoms with Crippen molar-refractivity contribution in [2.24, 2.45) is 4.99 Å². The zero-order valence-corrected chi connectivity index (χ0v) is 11.2. The van der Waals surface area contributed by atoms with E-state index in [-0.39, 0.29) is 5.92 Å². The summed E-state index contributed by atoms with van der Waals surface area (Å²) in [5.74, 6) is 1.96. The molecule has 2 aromatic rings. The van der Waals surface area contributed by atoms with E-state index in [1.165, 1.54) is 16.3 Å². The van der Waals surface area contributed by atoms with Gasteiger partial charge in [0.15, 0.2) is 5.90 Å². The van der Waals surface area contributed by atoms with Crippen molar-refractivity contribution in [3.05, 3.63) is 42.0 Å². The number of benzene rings is 2. The molecular weight excluding hydrogens is 238 g/mol. The number of nitrogens with zero attached hydrogens (tertiary/aromatic N) is 1. The molecule has 3 rings (SSSR count). The molecule has 0 saturated carbocycles. The molecule has 1 aliphatic rings. The van der Waals surface area contributed by atoms with Crippen molar-refractivity contribution in [1.29, 1.82) is 0 Å². The Labute approximate surface area is 112 Å². The maximum Gasteiger partial charge on any atom is 0.190 e. The molecule has 1 heterocycles. The molecule has 3 heteroatoms. The highest BCUT2D eigenvalue weighted by Crippen LogP contribution is 2.26. The van der Waals surface area contributed by atoms with Crippen LogP contribution in [0, 0.1) is 0 Å². The summed E-state index contributed by atoms with van der Waals surface area (Å²) in [6.45, 7) is 3.63. The number of hydrogen-bond acceptors (Lipinski definition) is 3. The second-order valence-corrected chi connectivity index (χ2v) is 4.76. The van der Waals surface area contributed by atoms with Gasteiger partial charge in [-0.25, -0.2) is 0 Å². The maximum atomic E-state index is 5.55. The zero-order valence-electron chi connectivity index (χ0n) is 11.2. The standard InChI is InChI=1S/C16H17NO2/c1-11(16-17-7-8-19-16)12-3-4-14-10-15(18-2)6-5-13(14)9-12/h3-6,9-11H,7-8H2,1-2H3. The smallest absolute Gasteiger partial charge is 0.190 e. The topological polar surface area (TPSA) is 30.8 Å². The van der Waals surface area contributed by atoms with E-state index < -0.39 is 0 Å². The Bertz CT molecular complexity index is 634. The normalized spacial score (nSPS) is 16.0. The molecule has 0 N–H and O–H groups in total. The number of methoxy groups -OCH3 is 1. The van der Waals surface area contributed by atoms with E-state index in [1.807, 2.05) is 12.1 Å². The molecule has 2 aromatic carbocycles. The quantitative estimate of drug-likeness (QED) is 0.841. The number of rotatable bonds is 3. The first-order valence-corrected chi connectivity index (χ1v) is 6.53. The molecule has 1 atom stereocenters. The van der Waals surface area contributed by atoms with Crippen LogP contribution in [0.15, 0.2) is 41.4 Å². The van der Waals surface area contributed by atoms with Gasteiger partial charge in [-0.2, -0.15) is 0 Å². The van der Waals surface area contributed by atoms with E-state index in [1.54, 1.807) is 7.11 Å². The van der Waals surface area contributed by atoms with Crippen LogP contribution in [0.4, 0.5) is 0 Å². The zero-order chi connectivity index (χ0) is 13.2. The molecule has 98 valence electrons. The van der Waals surface area contributed by atoms with Crippen molar-refractivity contribution in [1.82, 2.24) is 0 Å². The fourth-order valence-electron chi connectivity index (χ4n) is 2.39. The van der Waals surface area contributed by atoms with E-state index in [0.29, 0.717) is 6.61 Å². The van der Waals surface area contributed by atoms with Gasteiger partial charge in [-0.15, -0.1) is 0 Å². The minimum absolute atomic E-state index is 0.217. The van der Waals surface area contributed by atoms with Gasteiger partial charge >= 0.3 is 0 Å². The summed E-state index contributed by atoms with van der Waals surface area (Å²) < 4.78 is 10.8. The van der Waals surface area contributed by atoms with Crippen LogP contribution in [0.3, 0.4) is 0 Å². The third-order valence-electron chi connectivity index (χ3n) is 3.55. The molecule has 0 saturated heterocycles. The van der Waals surface area contributed by atoms with Crippen molar-refractivity contribution in [2.45, 2.75) is 12.8 Å². The molecule has 1 aliphatic heterocycles. The van der Waals surface area contributed by atoms with Crippen molar-refractivity contribution >= 4 is 16.7 Å². The Morgan fingerprint density at radius 1 is 1.16 bits per heavy atom. The molecule has 1 unspecified atom stereocenters. The Hall–Kier alpha value is -2.03. The molecule has 0 aromatic heterocycles. The van der Waals surface area contributed by atoms with Crippen LogP contribution in [0.5, 0.6) is 5.75 Å². The Morgan fingerprint density at radius 3 is 2.68 bits per heavy atom. The van der Waals surface area contributed by atoms with Gasteiger partial charge in [0, 0.05) is 0 Å². The number of hydrogen-bond donors (Lipinski definition) is 0. The van der Waals surface area contributed by atoms with Crippen LogP contribution >= 0.6 is 0 Å². The summed E-state index contributed by atoms with van der Waals surface area (Å²) in [5, 5.41) is 2.40. The maximum absolute atomic E-state index is 5.55. The van der Waals surface area contributed by atoms with Gasteiger partial charge in [0.1, 0.15) is 12.4 Å². The Morgan fingerprint density at radius 2 is 1.95 bits per heavy atom. The van der Waals surface area contributed by atoms with E-state index >= 15 is 0 Å². The van der Waals surface area contributed by atoms with Gasteiger partial charge in [-0.1, -0.05) is 24.3 Å². The molecule has 3 nitrogen and oxygen atoms in total. The average molecular weight is 255 g/mol. The molecule has 0 fully saturated rings. The van der Waals surface area contributed by atoms with Gasteiger partial charge in [-0.05, 0) is 35.4 Å². The molecule has 0 amide bonds. The second kappa shape index (κ2) is 4.92. The van der Waals surface area contributed by atoms with E-state index in [4.69, 9.17) is 9.47 Å². The van der Waals surface area contributed by atoms with Crippen LogP contribution in [0.1, 0.15) is 18.4 Å². The van der Waals surface area contributed by atoms with Gasteiger partial charge < -0.3 is 9.47 Å². The highest BCUT2D eigenvalue weighted by molar-refractivity contribution is 5.88. The van der Waals surface area contributed by atoms with Crippen LogP contribution in [-0.2, 0) is 4.74 Å². The van der Waals surface area contributed by atoms with Gasteiger partial charge in [0.2, 0.25) is 0 Å². The van der Waals surface area contributed by atoms with Crippen molar-refractivity contribution in [3.63, 3.8) is 0 Å². The van der Waals surface area contributed by atoms with E-state index in [9.17, 15) is 0 Å². The SMILES string of the molecule is COc1ccc2cc(C(C)C3=NCCO3)ccc2c1. The summed E-state index contributed by atoms with van der Waals surface area (Å²) in [5.41, 5.74) is 1.23. The van der Waals surface area contributed by atoms with Crippen molar-refractivity contribution < 1.29 is 9.47 Å². The predicted octanol–water partition coefficient (Wildman–Crippen LogP) is 3.38. The lowest BCUT2D eigenvalue weighted by Crippen LogP contribution is -2.09. The lowest BCUT2D eigenvalue weighted by Gasteiger charge is -2.13. The summed E-state index contributed by atoms with van der Waals surface area (Å²) in [6.07, 6.45) is 0. The van der Waals surface area contributed by atoms with Crippen LogP contribution < -0.4 is 4.74 Å². The number of aliphatic imine (C=N–C) groups is 1. The average Bonchev–Trinajstić information content (AvgIpc) is 2.99. The summed E-state index contributed by atoms with van der Waals surface area (Å²) in [4.78, 5) is 4.39. The lowest BCUT2D eigenvalue weighted by atomic mass is 9.97. The minimum Gasteiger partial charge on any atom is -0.497 e. The third-order valence-corrected chi connectivity index (χ3v) is 3.55. The Balaban J connectivity index is 1.97. The molecule has 19 heavy (non-hydrogen) atoms. The largest absolute Gasteiger partial charge is 0.497 e. The second-order valence-electron chi connectivity index (χ2n) is 4.76. The van der Waals surface area contributed by atoms with E-state index in [2.05, 4.69) is 36.2 Å². The fraction of sp³-hybridized carbons (Fsp3) is 0.312.